The number of hydrogen-bond donors (Lipinski definition) is 1. The van der Waals surface area contributed by atoms with Crippen molar-refractivity contribution in [1.82, 2.24) is 9.88 Å². The summed E-state index contributed by atoms with van der Waals surface area (Å²) in [5.41, 5.74) is 1.90. The quantitative estimate of drug-likeness (QED) is 0.849. The van der Waals surface area contributed by atoms with E-state index >= 15 is 0 Å². The van der Waals surface area contributed by atoms with Crippen molar-refractivity contribution in [2.24, 2.45) is 0 Å². The molecule has 0 aliphatic heterocycles. The van der Waals surface area contributed by atoms with Gasteiger partial charge in [-0.05, 0) is 51.7 Å². The Morgan fingerprint density at radius 2 is 1.90 bits per heavy atom. The van der Waals surface area contributed by atoms with Gasteiger partial charge in [0.15, 0.2) is 0 Å². The number of aliphatic hydroxyl groups excluding tert-OH is 1. The number of aromatic nitrogens is 1. The first-order chi connectivity index (χ1) is 10.2. The predicted octanol–water partition coefficient (Wildman–Crippen LogP) is 2.51. The Morgan fingerprint density at radius 1 is 1.14 bits per heavy atom. The molecule has 0 aliphatic carbocycles. The number of hydrogen-bond acceptors (Lipinski definition) is 4. The molecule has 1 aromatic carbocycles. The molecule has 0 atom stereocenters. The maximum absolute atomic E-state index is 9.61. The summed E-state index contributed by atoms with van der Waals surface area (Å²) in [5.74, 6) is 0.957. The van der Waals surface area contributed by atoms with Crippen LogP contribution in [0.1, 0.15) is 18.9 Å². The van der Waals surface area contributed by atoms with E-state index in [1.807, 2.05) is 30.3 Å². The number of anilines is 1. The van der Waals surface area contributed by atoms with E-state index in [0.29, 0.717) is 0 Å². The molecule has 2 aromatic rings. The van der Waals surface area contributed by atoms with E-state index in [4.69, 9.17) is 4.98 Å². The molecule has 0 saturated carbocycles. The molecule has 0 radical (unpaired) electrons. The van der Waals surface area contributed by atoms with Gasteiger partial charge in [-0.3, -0.25) is 0 Å². The van der Waals surface area contributed by atoms with Crippen LogP contribution >= 0.6 is 0 Å². The molecule has 0 aliphatic rings. The van der Waals surface area contributed by atoms with Gasteiger partial charge >= 0.3 is 0 Å². The zero-order chi connectivity index (χ0) is 15.2. The van der Waals surface area contributed by atoms with Crippen LogP contribution in [0.3, 0.4) is 0 Å². The third-order valence-electron chi connectivity index (χ3n) is 3.70. The second-order valence-electron chi connectivity index (χ2n) is 5.55. The van der Waals surface area contributed by atoms with Gasteiger partial charge in [0.25, 0.3) is 0 Å². The Balaban J connectivity index is 2.26. The topological polar surface area (TPSA) is 39.6 Å². The monoisotopic (exact) mass is 287 g/mol. The van der Waals surface area contributed by atoms with Crippen molar-refractivity contribution < 1.29 is 5.11 Å². The average Bonchev–Trinajstić information content (AvgIpc) is 2.50. The van der Waals surface area contributed by atoms with Gasteiger partial charge < -0.3 is 14.9 Å². The van der Waals surface area contributed by atoms with E-state index in [9.17, 15) is 5.11 Å². The minimum atomic E-state index is 0.0469. The van der Waals surface area contributed by atoms with Crippen LogP contribution in [-0.4, -0.2) is 48.7 Å². The largest absolute Gasteiger partial charge is 0.392 e. The molecule has 1 aromatic heterocycles. The second-order valence-corrected chi connectivity index (χ2v) is 5.55. The van der Waals surface area contributed by atoms with E-state index in [-0.39, 0.29) is 6.61 Å². The van der Waals surface area contributed by atoms with Crippen LogP contribution in [0.2, 0.25) is 0 Å². The van der Waals surface area contributed by atoms with Crippen molar-refractivity contribution in [3.8, 4) is 0 Å². The van der Waals surface area contributed by atoms with Gasteiger partial charge in [-0.15, -0.1) is 0 Å². The zero-order valence-electron chi connectivity index (χ0n) is 13.2. The van der Waals surface area contributed by atoms with Crippen molar-refractivity contribution in [3.63, 3.8) is 0 Å². The molecule has 4 nitrogen and oxygen atoms in total. The van der Waals surface area contributed by atoms with Crippen molar-refractivity contribution in [2.75, 3.05) is 38.6 Å². The summed E-state index contributed by atoms with van der Waals surface area (Å²) in [5, 5.41) is 10.6. The molecule has 0 spiro atoms. The summed E-state index contributed by atoms with van der Waals surface area (Å²) in [6, 6.07) is 10.0. The highest BCUT2D eigenvalue weighted by Crippen LogP contribution is 2.23. The van der Waals surface area contributed by atoms with Crippen molar-refractivity contribution in [1.29, 1.82) is 0 Å². The van der Waals surface area contributed by atoms with Crippen molar-refractivity contribution in [3.05, 3.63) is 35.9 Å². The molecule has 1 N–H and O–H groups in total. The maximum atomic E-state index is 9.61. The Bertz CT molecular complexity index is 583. The normalized spacial score (nSPS) is 11.3. The summed E-state index contributed by atoms with van der Waals surface area (Å²) in [7, 11) is 4.18. The summed E-state index contributed by atoms with van der Waals surface area (Å²) in [4.78, 5) is 9.22. The molecule has 0 fully saturated rings. The van der Waals surface area contributed by atoms with Crippen LogP contribution in [0.4, 0.5) is 5.82 Å². The van der Waals surface area contributed by atoms with Crippen LogP contribution < -0.4 is 4.90 Å². The van der Waals surface area contributed by atoms with Crippen molar-refractivity contribution >= 4 is 16.7 Å². The van der Waals surface area contributed by atoms with Crippen LogP contribution in [-0.2, 0) is 6.61 Å². The number of pyridine rings is 1. The van der Waals surface area contributed by atoms with Gasteiger partial charge in [0, 0.05) is 18.5 Å². The van der Waals surface area contributed by atoms with Crippen LogP contribution in [0.15, 0.2) is 30.3 Å². The van der Waals surface area contributed by atoms with Gasteiger partial charge in [0.2, 0.25) is 0 Å². The van der Waals surface area contributed by atoms with E-state index in [1.165, 1.54) is 0 Å². The highest BCUT2D eigenvalue weighted by Gasteiger charge is 2.10. The van der Waals surface area contributed by atoms with E-state index in [0.717, 1.165) is 48.3 Å². The summed E-state index contributed by atoms with van der Waals surface area (Å²) in [6.07, 6.45) is 1.10. The van der Waals surface area contributed by atoms with Crippen LogP contribution in [0.25, 0.3) is 10.9 Å². The SMILES string of the molecule is CCN(CCCN(C)C)c1cc(CO)c2ccccc2n1. The molecule has 0 amide bonds. The molecular weight excluding hydrogens is 262 g/mol. The third-order valence-corrected chi connectivity index (χ3v) is 3.70. The van der Waals surface area contributed by atoms with Crippen LogP contribution in [0.5, 0.6) is 0 Å². The summed E-state index contributed by atoms with van der Waals surface area (Å²) in [6.45, 7) is 5.15. The van der Waals surface area contributed by atoms with Gasteiger partial charge in [0.05, 0.1) is 12.1 Å². The minimum absolute atomic E-state index is 0.0469. The lowest BCUT2D eigenvalue weighted by molar-refractivity contribution is 0.283. The first-order valence-corrected chi connectivity index (χ1v) is 7.55. The lowest BCUT2D eigenvalue weighted by atomic mass is 10.1. The van der Waals surface area contributed by atoms with Crippen LogP contribution in [0, 0.1) is 0 Å². The fraction of sp³-hybridized carbons (Fsp3) is 0.471. The summed E-state index contributed by atoms with van der Waals surface area (Å²) < 4.78 is 0. The van der Waals surface area contributed by atoms with Gasteiger partial charge in [-0.1, -0.05) is 18.2 Å². The zero-order valence-corrected chi connectivity index (χ0v) is 13.2. The van der Waals surface area contributed by atoms with Crippen molar-refractivity contribution in [2.45, 2.75) is 20.0 Å². The lowest BCUT2D eigenvalue weighted by Gasteiger charge is -2.24. The molecule has 0 bridgehead atoms. The van der Waals surface area contributed by atoms with E-state index in [1.54, 1.807) is 0 Å². The number of benzene rings is 1. The Hall–Kier alpha value is -1.65. The molecule has 2 rings (SSSR count). The van der Waals surface area contributed by atoms with E-state index < -0.39 is 0 Å². The Morgan fingerprint density at radius 3 is 2.57 bits per heavy atom. The molecule has 1 heterocycles. The highest BCUT2D eigenvalue weighted by atomic mass is 16.3. The smallest absolute Gasteiger partial charge is 0.129 e. The third kappa shape index (κ3) is 3.93. The molecule has 114 valence electrons. The number of nitrogens with zero attached hydrogens (tertiary/aromatic N) is 3. The van der Waals surface area contributed by atoms with Gasteiger partial charge in [-0.25, -0.2) is 4.98 Å². The second kappa shape index (κ2) is 7.38. The molecule has 0 unspecified atom stereocenters. The Kier molecular flexibility index (Phi) is 5.53. The maximum Gasteiger partial charge on any atom is 0.129 e. The molecule has 0 saturated heterocycles. The highest BCUT2D eigenvalue weighted by molar-refractivity contribution is 5.84. The fourth-order valence-corrected chi connectivity index (χ4v) is 2.54. The number of rotatable bonds is 7. The lowest BCUT2D eigenvalue weighted by Crippen LogP contribution is -2.27. The average molecular weight is 287 g/mol. The fourth-order valence-electron chi connectivity index (χ4n) is 2.54. The Labute approximate surface area is 127 Å². The number of fused-ring (bicyclic) bond motifs is 1. The molecular formula is C17H25N3O. The predicted molar refractivity (Wildman–Crippen MR) is 88.7 cm³/mol. The molecule has 21 heavy (non-hydrogen) atoms. The van der Waals surface area contributed by atoms with Gasteiger partial charge in [0.1, 0.15) is 5.82 Å². The minimum Gasteiger partial charge on any atom is -0.392 e. The standard InChI is InChI=1S/C17H25N3O/c1-4-20(11-7-10-19(2)3)17-12-14(13-21)15-8-5-6-9-16(15)18-17/h5-6,8-9,12,21H,4,7,10-11,13H2,1-3H3. The number of para-hydroxylation sites is 1. The molecule has 4 heteroatoms. The first-order valence-electron chi connectivity index (χ1n) is 7.55. The van der Waals surface area contributed by atoms with Gasteiger partial charge in [-0.2, -0.15) is 0 Å². The first kappa shape index (κ1) is 15.7. The number of aliphatic hydroxyl groups is 1. The van der Waals surface area contributed by atoms with E-state index in [2.05, 4.69) is 30.8 Å². The summed E-state index contributed by atoms with van der Waals surface area (Å²) >= 11 is 0.